The summed E-state index contributed by atoms with van der Waals surface area (Å²) in [6.45, 7) is 0. The molecule has 21 heavy (non-hydrogen) atoms. The van der Waals surface area contributed by atoms with Crippen LogP contribution in [0.4, 0.5) is 11.6 Å². The lowest BCUT2D eigenvalue weighted by Crippen LogP contribution is -2.29. The Kier molecular flexibility index (Phi) is 4.34. The number of amides is 2. The zero-order chi connectivity index (χ0) is 15.2. The number of benzene rings is 1. The highest BCUT2D eigenvalue weighted by atomic mass is 16.5. The highest BCUT2D eigenvalue weighted by Crippen LogP contribution is 2.28. The Hall–Kier alpha value is -3.10. The van der Waals surface area contributed by atoms with E-state index >= 15 is 0 Å². The molecule has 1 aromatic carbocycles. The van der Waals surface area contributed by atoms with Crippen LogP contribution in [-0.4, -0.2) is 41.2 Å². The lowest BCUT2D eigenvalue weighted by molar-refractivity contribution is -0.133. The predicted octanol–water partition coefficient (Wildman–Crippen LogP) is 0.399. The van der Waals surface area contributed by atoms with E-state index < -0.39 is 11.8 Å². The minimum Gasteiger partial charge on any atom is -0.497 e. The molecule has 2 aromatic rings. The van der Waals surface area contributed by atoms with Crippen molar-refractivity contribution in [3.05, 3.63) is 24.5 Å². The molecule has 0 saturated carbocycles. The van der Waals surface area contributed by atoms with Gasteiger partial charge in [0.05, 0.1) is 19.9 Å². The van der Waals surface area contributed by atoms with E-state index in [0.717, 1.165) is 0 Å². The summed E-state index contributed by atoms with van der Waals surface area (Å²) in [5.74, 6) is -0.734. The van der Waals surface area contributed by atoms with E-state index in [-0.39, 0.29) is 5.95 Å². The van der Waals surface area contributed by atoms with Gasteiger partial charge in [-0.25, -0.2) is 5.10 Å². The minimum atomic E-state index is -0.885. The highest BCUT2D eigenvalue weighted by molar-refractivity contribution is 6.43. The zero-order valence-electron chi connectivity index (χ0n) is 11.3. The fourth-order valence-corrected chi connectivity index (χ4v) is 1.51. The van der Waals surface area contributed by atoms with Crippen LogP contribution in [0.1, 0.15) is 0 Å². The Morgan fingerprint density at radius 3 is 2.52 bits per heavy atom. The Morgan fingerprint density at radius 2 is 1.90 bits per heavy atom. The first kappa shape index (κ1) is 14.3. The van der Waals surface area contributed by atoms with Crippen molar-refractivity contribution in [3.8, 4) is 11.5 Å². The van der Waals surface area contributed by atoms with Gasteiger partial charge in [0, 0.05) is 6.07 Å². The average molecular weight is 291 g/mol. The summed E-state index contributed by atoms with van der Waals surface area (Å²) in [5, 5.41) is 10.6. The van der Waals surface area contributed by atoms with Gasteiger partial charge in [-0.15, -0.1) is 0 Å². The molecule has 0 radical (unpaired) electrons. The quantitative estimate of drug-likeness (QED) is 0.702. The number of rotatable bonds is 4. The lowest BCUT2D eigenvalue weighted by atomic mass is 10.2. The first-order valence-electron chi connectivity index (χ1n) is 5.83. The van der Waals surface area contributed by atoms with Crippen molar-refractivity contribution in [2.75, 3.05) is 24.9 Å². The second-order valence-electron chi connectivity index (χ2n) is 3.81. The number of aromatic nitrogens is 3. The van der Waals surface area contributed by atoms with E-state index in [4.69, 9.17) is 9.47 Å². The number of ether oxygens (including phenoxy) is 2. The van der Waals surface area contributed by atoms with Crippen LogP contribution in [0.25, 0.3) is 0 Å². The van der Waals surface area contributed by atoms with Crippen molar-refractivity contribution in [1.82, 2.24) is 15.2 Å². The molecule has 2 rings (SSSR count). The van der Waals surface area contributed by atoms with Crippen LogP contribution < -0.4 is 20.1 Å². The van der Waals surface area contributed by atoms with E-state index in [1.54, 1.807) is 18.2 Å². The molecule has 0 spiro atoms. The monoisotopic (exact) mass is 291 g/mol. The van der Waals surface area contributed by atoms with Gasteiger partial charge < -0.3 is 14.8 Å². The van der Waals surface area contributed by atoms with Crippen LogP contribution in [0.3, 0.4) is 0 Å². The largest absolute Gasteiger partial charge is 0.497 e. The number of H-pyrrole nitrogens is 1. The summed E-state index contributed by atoms with van der Waals surface area (Å²) in [4.78, 5) is 27.1. The standard InChI is InChI=1S/C12H13N5O4/c1-20-7-3-4-8(9(5-7)21-2)15-10(18)11(19)16-12-13-6-14-17-12/h3-6H,1-2H3,(H,15,18)(H2,13,14,16,17,19). The van der Waals surface area contributed by atoms with Gasteiger partial charge >= 0.3 is 11.8 Å². The third kappa shape index (κ3) is 3.47. The fourth-order valence-electron chi connectivity index (χ4n) is 1.51. The third-order valence-electron chi connectivity index (χ3n) is 2.51. The maximum atomic E-state index is 11.8. The SMILES string of the molecule is COc1ccc(NC(=O)C(=O)Nc2ncn[nH]2)c(OC)c1. The number of aromatic amines is 1. The Balaban J connectivity index is 2.06. The Bertz CT molecular complexity index is 641. The van der Waals surface area contributed by atoms with E-state index in [0.29, 0.717) is 17.2 Å². The van der Waals surface area contributed by atoms with Crippen molar-refractivity contribution >= 4 is 23.5 Å². The molecule has 3 N–H and O–H groups in total. The number of methoxy groups -OCH3 is 2. The third-order valence-corrected chi connectivity index (χ3v) is 2.51. The van der Waals surface area contributed by atoms with Crippen molar-refractivity contribution in [3.63, 3.8) is 0 Å². The van der Waals surface area contributed by atoms with Crippen LogP contribution in [0, 0.1) is 0 Å². The average Bonchev–Trinajstić information content (AvgIpc) is 3.00. The first-order valence-corrected chi connectivity index (χ1v) is 5.83. The molecule has 9 heteroatoms. The summed E-state index contributed by atoms with van der Waals surface area (Å²) in [5.41, 5.74) is 0.344. The summed E-state index contributed by atoms with van der Waals surface area (Å²) in [6, 6.07) is 4.79. The van der Waals surface area contributed by atoms with Crippen molar-refractivity contribution in [2.24, 2.45) is 0 Å². The van der Waals surface area contributed by atoms with Gasteiger partial charge in [0.25, 0.3) is 0 Å². The smallest absolute Gasteiger partial charge is 0.316 e. The maximum Gasteiger partial charge on any atom is 0.316 e. The molecule has 1 heterocycles. The number of hydrogen-bond donors (Lipinski definition) is 3. The van der Waals surface area contributed by atoms with Crippen molar-refractivity contribution in [1.29, 1.82) is 0 Å². The van der Waals surface area contributed by atoms with Crippen LogP contribution >= 0.6 is 0 Å². The topological polar surface area (TPSA) is 118 Å². The van der Waals surface area contributed by atoms with Gasteiger partial charge in [-0.3, -0.25) is 14.9 Å². The maximum absolute atomic E-state index is 11.8. The van der Waals surface area contributed by atoms with E-state index in [1.807, 2.05) is 0 Å². The summed E-state index contributed by atoms with van der Waals surface area (Å²) < 4.78 is 10.2. The lowest BCUT2D eigenvalue weighted by Gasteiger charge is -2.11. The van der Waals surface area contributed by atoms with Gasteiger partial charge in [0.2, 0.25) is 5.95 Å². The first-order chi connectivity index (χ1) is 10.1. The molecule has 0 aliphatic carbocycles. The Morgan fingerprint density at radius 1 is 1.14 bits per heavy atom. The van der Waals surface area contributed by atoms with Crippen LogP contribution in [0.5, 0.6) is 11.5 Å². The number of hydrogen-bond acceptors (Lipinski definition) is 6. The molecule has 0 saturated heterocycles. The second-order valence-corrected chi connectivity index (χ2v) is 3.81. The molecular formula is C12H13N5O4. The molecule has 0 unspecified atom stereocenters. The molecule has 9 nitrogen and oxygen atoms in total. The number of carbonyl (C=O) groups excluding carboxylic acids is 2. The highest BCUT2D eigenvalue weighted by Gasteiger charge is 2.17. The van der Waals surface area contributed by atoms with Gasteiger partial charge in [-0.1, -0.05) is 0 Å². The molecule has 0 bridgehead atoms. The fraction of sp³-hybridized carbons (Fsp3) is 0.167. The number of nitrogens with zero attached hydrogens (tertiary/aromatic N) is 2. The molecule has 0 aliphatic heterocycles. The Labute approximate surface area is 119 Å². The number of nitrogens with one attached hydrogen (secondary N) is 3. The van der Waals surface area contributed by atoms with Gasteiger partial charge in [0.15, 0.2) is 0 Å². The van der Waals surface area contributed by atoms with Gasteiger partial charge in [-0.2, -0.15) is 10.1 Å². The minimum absolute atomic E-state index is 0.0804. The van der Waals surface area contributed by atoms with Crippen LogP contribution in [-0.2, 0) is 9.59 Å². The van der Waals surface area contributed by atoms with Crippen LogP contribution in [0.2, 0.25) is 0 Å². The summed E-state index contributed by atoms with van der Waals surface area (Å²) >= 11 is 0. The van der Waals surface area contributed by atoms with Gasteiger partial charge in [0.1, 0.15) is 17.8 Å². The molecule has 110 valence electrons. The zero-order valence-corrected chi connectivity index (χ0v) is 11.3. The number of carbonyl (C=O) groups is 2. The second kappa shape index (κ2) is 6.37. The van der Waals surface area contributed by atoms with E-state index in [2.05, 4.69) is 25.8 Å². The van der Waals surface area contributed by atoms with Crippen molar-refractivity contribution in [2.45, 2.75) is 0 Å². The molecule has 0 aliphatic rings. The molecular weight excluding hydrogens is 278 g/mol. The van der Waals surface area contributed by atoms with Crippen molar-refractivity contribution < 1.29 is 19.1 Å². The summed E-state index contributed by atoms with van der Waals surface area (Å²) in [7, 11) is 2.96. The predicted molar refractivity (Wildman–Crippen MR) is 73.2 cm³/mol. The molecule has 0 fully saturated rings. The normalized spacial score (nSPS) is 9.81. The van der Waals surface area contributed by atoms with E-state index in [1.165, 1.54) is 20.5 Å². The molecule has 1 aromatic heterocycles. The molecule has 0 atom stereocenters. The number of anilines is 2. The van der Waals surface area contributed by atoms with Gasteiger partial charge in [-0.05, 0) is 12.1 Å². The van der Waals surface area contributed by atoms with E-state index in [9.17, 15) is 9.59 Å². The van der Waals surface area contributed by atoms with Crippen LogP contribution in [0.15, 0.2) is 24.5 Å². The summed E-state index contributed by atoms with van der Waals surface area (Å²) in [6.07, 6.45) is 1.21. The molecule has 2 amide bonds.